The zero-order chi connectivity index (χ0) is 14.1. The largest absolute Gasteiger partial charge is 0.320 e. The van der Waals surface area contributed by atoms with Crippen LogP contribution in [0.5, 0.6) is 0 Å². The van der Waals surface area contributed by atoms with Crippen molar-refractivity contribution >= 4 is 5.91 Å². The molecule has 0 aromatic heterocycles. The lowest BCUT2D eigenvalue weighted by molar-refractivity contribution is -0.130. The molecular weight excluding hydrogens is 238 g/mol. The Balaban J connectivity index is 2.42. The van der Waals surface area contributed by atoms with Crippen molar-refractivity contribution in [1.29, 1.82) is 0 Å². The van der Waals surface area contributed by atoms with Gasteiger partial charge in [-0.15, -0.1) is 0 Å². The van der Waals surface area contributed by atoms with E-state index < -0.39 is 0 Å². The zero-order valence-electron chi connectivity index (χ0n) is 12.7. The van der Waals surface area contributed by atoms with Crippen LogP contribution in [-0.4, -0.2) is 56.0 Å². The minimum absolute atomic E-state index is 0.239. The molecule has 1 aliphatic carbocycles. The summed E-state index contributed by atoms with van der Waals surface area (Å²) in [5.41, 5.74) is 1.24. The maximum atomic E-state index is 12.3. The van der Waals surface area contributed by atoms with Crippen molar-refractivity contribution in [2.45, 2.75) is 39.0 Å². The number of allylic oxidation sites excluding steroid dienone is 2. The molecule has 0 saturated heterocycles. The van der Waals surface area contributed by atoms with Crippen molar-refractivity contribution in [3.8, 4) is 0 Å². The molecule has 0 atom stereocenters. The molecule has 4 heteroatoms. The highest BCUT2D eigenvalue weighted by Gasteiger charge is 2.18. The van der Waals surface area contributed by atoms with E-state index in [1.807, 2.05) is 19.0 Å². The van der Waals surface area contributed by atoms with Crippen molar-refractivity contribution < 1.29 is 4.79 Å². The van der Waals surface area contributed by atoms with Crippen LogP contribution in [0.25, 0.3) is 0 Å². The average molecular weight is 267 g/mol. The van der Waals surface area contributed by atoms with Crippen molar-refractivity contribution in [2.24, 2.45) is 0 Å². The molecule has 4 nitrogen and oxygen atoms in total. The van der Waals surface area contributed by atoms with Gasteiger partial charge in [0.05, 0.1) is 6.54 Å². The first-order chi connectivity index (χ1) is 9.19. The van der Waals surface area contributed by atoms with E-state index in [-0.39, 0.29) is 5.91 Å². The number of rotatable bonds is 8. The molecule has 0 fully saturated rings. The summed E-state index contributed by atoms with van der Waals surface area (Å²) in [4.78, 5) is 16.4. The molecule has 0 aromatic rings. The third kappa shape index (κ3) is 5.74. The normalized spacial score (nSPS) is 15.5. The van der Waals surface area contributed by atoms with Gasteiger partial charge in [-0.3, -0.25) is 9.69 Å². The summed E-state index contributed by atoms with van der Waals surface area (Å²) < 4.78 is 0. The molecule has 0 aliphatic heterocycles. The van der Waals surface area contributed by atoms with Crippen LogP contribution in [0, 0.1) is 0 Å². The number of hydrogen-bond acceptors (Lipinski definition) is 3. The SMILES string of the molecule is CCN(C(=O)CN(C)CCCNC)C1=CCCCC1. The van der Waals surface area contributed by atoms with E-state index in [4.69, 9.17) is 0 Å². The standard InChI is InChI=1S/C15H29N3O/c1-4-18(14-9-6-5-7-10-14)15(19)13-17(3)12-8-11-16-2/h9,16H,4-8,10-13H2,1-3H3. The number of nitrogens with zero attached hydrogens (tertiary/aromatic N) is 2. The van der Waals surface area contributed by atoms with Crippen LogP contribution < -0.4 is 5.32 Å². The minimum atomic E-state index is 0.239. The summed E-state index contributed by atoms with van der Waals surface area (Å²) in [6.07, 6.45) is 7.98. The van der Waals surface area contributed by atoms with Gasteiger partial charge in [0.2, 0.25) is 5.91 Å². The lowest BCUT2D eigenvalue weighted by Crippen LogP contribution is -2.39. The molecule has 19 heavy (non-hydrogen) atoms. The third-order valence-corrected chi connectivity index (χ3v) is 3.60. The Morgan fingerprint density at radius 1 is 1.42 bits per heavy atom. The van der Waals surface area contributed by atoms with Gasteiger partial charge in [0.25, 0.3) is 0 Å². The second-order valence-corrected chi connectivity index (χ2v) is 5.27. The average Bonchev–Trinajstić information content (AvgIpc) is 2.41. The van der Waals surface area contributed by atoms with E-state index in [0.717, 1.165) is 38.9 Å². The Morgan fingerprint density at radius 2 is 2.21 bits per heavy atom. The second-order valence-electron chi connectivity index (χ2n) is 5.27. The highest BCUT2D eigenvalue weighted by atomic mass is 16.2. The number of hydrogen-bond donors (Lipinski definition) is 1. The van der Waals surface area contributed by atoms with Crippen LogP contribution in [0.4, 0.5) is 0 Å². The molecular formula is C15H29N3O. The van der Waals surface area contributed by atoms with Crippen molar-refractivity contribution in [3.63, 3.8) is 0 Å². The molecule has 0 heterocycles. The molecule has 1 rings (SSSR count). The third-order valence-electron chi connectivity index (χ3n) is 3.60. The summed E-state index contributed by atoms with van der Waals surface area (Å²) in [6.45, 7) is 5.34. The first-order valence-electron chi connectivity index (χ1n) is 7.51. The topological polar surface area (TPSA) is 35.6 Å². The maximum Gasteiger partial charge on any atom is 0.240 e. The van der Waals surface area contributed by atoms with Crippen LogP contribution in [0.15, 0.2) is 11.8 Å². The van der Waals surface area contributed by atoms with Crippen molar-refractivity contribution in [1.82, 2.24) is 15.1 Å². The number of carbonyl (C=O) groups is 1. The van der Waals surface area contributed by atoms with Gasteiger partial charge < -0.3 is 10.2 Å². The van der Waals surface area contributed by atoms with Gasteiger partial charge in [0, 0.05) is 12.2 Å². The van der Waals surface area contributed by atoms with Gasteiger partial charge in [0.1, 0.15) is 0 Å². The predicted octanol–water partition coefficient (Wildman–Crippen LogP) is 1.83. The van der Waals surface area contributed by atoms with Crippen LogP contribution in [0.1, 0.15) is 39.0 Å². The Morgan fingerprint density at radius 3 is 2.79 bits per heavy atom. The number of likely N-dealkylation sites (N-methyl/N-ethyl adjacent to an activating group) is 2. The molecule has 1 aliphatic rings. The first kappa shape index (κ1) is 16.2. The monoisotopic (exact) mass is 267 g/mol. The van der Waals surface area contributed by atoms with Gasteiger partial charge in [-0.2, -0.15) is 0 Å². The van der Waals surface area contributed by atoms with Crippen molar-refractivity contribution in [3.05, 3.63) is 11.8 Å². The van der Waals surface area contributed by atoms with Gasteiger partial charge >= 0.3 is 0 Å². The Bertz CT molecular complexity index is 302. The van der Waals surface area contributed by atoms with E-state index in [1.54, 1.807) is 0 Å². The molecule has 0 bridgehead atoms. The fourth-order valence-electron chi connectivity index (χ4n) is 2.53. The molecule has 0 radical (unpaired) electrons. The Kier molecular flexibility index (Phi) is 7.75. The molecule has 0 unspecified atom stereocenters. The highest BCUT2D eigenvalue weighted by Crippen LogP contribution is 2.20. The first-order valence-corrected chi connectivity index (χ1v) is 7.51. The van der Waals surface area contributed by atoms with Crippen LogP contribution in [-0.2, 0) is 4.79 Å². The smallest absolute Gasteiger partial charge is 0.240 e. The van der Waals surface area contributed by atoms with Crippen LogP contribution >= 0.6 is 0 Å². The van der Waals surface area contributed by atoms with E-state index in [0.29, 0.717) is 6.54 Å². The van der Waals surface area contributed by atoms with E-state index in [2.05, 4.69) is 23.2 Å². The second kappa shape index (κ2) is 9.10. The van der Waals surface area contributed by atoms with Crippen LogP contribution in [0.3, 0.4) is 0 Å². The fourth-order valence-corrected chi connectivity index (χ4v) is 2.53. The number of nitrogens with one attached hydrogen (secondary N) is 1. The predicted molar refractivity (Wildman–Crippen MR) is 80.0 cm³/mol. The van der Waals surface area contributed by atoms with E-state index >= 15 is 0 Å². The molecule has 0 saturated carbocycles. The van der Waals surface area contributed by atoms with Crippen molar-refractivity contribution in [2.75, 3.05) is 40.3 Å². The van der Waals surface area contributed by atoms with Gasteiger partial charge in [-0.1, -0.05) is 6.08 Å². The van der Waals surface area contributed by atoms with Gasteiger partial charge in [-0.05, 0) is 66.2 Å². The number of amides is 1. The summed E-state index contributed by atoms with van der Waals surface area (Å²) >= 11 is 0. The summed E-state index contributed by atoms with van der Waals surface area (Å²) in [5, 5.41) is 3.13. The summed E-state index contributed by atoms with van der Waals surface area (Å²) in [5.74, 6) is 0.239. The fraction of sp³-hybridized carbons (Fsp3) is 0.800. The molecule has 1 N–H and O–H groups in total. The van der Waals surface area contributed by atoms with Gasteiger partial charge in [0.15, 0.2) is 0 Å². The lowest BCUT2D eigenvalue weighted by Gasteiger charge is -2.28. The summed E-state index contributed by atoms with van der Waals surface area (Å²) in [7, 11) is 3.98. The lowest BCUT2D eigenvalue weighted by atomic mass is 10.0. The molecule has 1 amide bonds. The van der Waals surface area contributed by atoms with Gasteiger partial charge in [-0.25, -0.2) is 0 Å². The Hall–Kier alpha value is -0.870. The zero-order valence-corrected chi connectivity index (χ0v) is 12.7. The van der Waals surface area contributed by atoms with E-state index in [9.17, 15) is 4.79 Å². The van der Waals surface area contributed by atoms with E-state index in [1.165, 1.54) is 18.5 Å². The Labute approximate surface area is 117 Å². The molecule has 0 spiro atoms. The summed E-state index contributed by atoms with van der Waals surface area (Å²) in [6, 6.07) is 0. The molecule has 0 aromatic carbocycles. The quantitative estimate of drug-likeness (QED) is 0.682. The highest BCUT2D eigenvalue weighted by molar-refractivity contribution is 5.80. The minimum Gasteiger partial charge on any atom is -0.320 e. The molecule has 110 valence electrons. The van der Waals surface area contributed by atoms with Crippen LogP contribution in [0.2, 0.25) is 0 Å². The maximum absolute atomic E-state index is 12.3. The number of carbonyl (C=O) groups excluding carboxylic acids is 1.